The molecular weight excluding hydrogens is 288 g/mol. The molecule has 2 aliphatic rings. The standard InChI is InChI=1S/C16H22N2O2.ClH/c1-5-9-10-6-8(2)13-12(14(10)20-11(9)7-17)16(3,4)15(19)18-13;/h6,9,11H,5,7,17H2,1-4H3,(H,18,19);1H/t9-,11-;/m0./s1. The van der Waals surface area contributed by atoms with Gasteiger partial charge in [0.1, 0.15) is 11.9 Å². The molecule has 0 radical (unpaired) electrons. The Morgan fingerprint density at radius 3 is 2.67 bits per heavy atom. The molecule has 1 amide bonds. The van der Waals surface area contributed by atoms with Crippen molar-refractivity contribution in [1.29, 1.82) is 0 Å². The Morgan fingerprint density at radius 1 is 1.43 bits per heavy atom. The number of carbonyl (C=O) groups is 1. The van der Waals surface area contributed by atoms with Crippen molar-refractivity contribution in [3.05, 3.63) is 22.8 Å². The summed E-state index contributed by atoms with van der Waals surface area (Å²) in [5, 5.41) is 3.00. The van der Waals surface area contributed by atoms with E-state index in [1.807, 2.05) is 20.8 Å². The molecule has 0 unspecified atom stereocenters. The van der Waals surface area contributed by atoms with Gasteiger partial charge in [-0.3, -0.25) is 4.79 Å². The molecule has 3 N–H and O–H groups in total. The van der Waals surface area contributed by atoms with E-state index in [2.05, 4.69) is 18.3 Å². The van der Waals surface area contributed by atoms with Crippen LogP contribution >= 0.6 is 12.4 Å². The van der Waals surface area contributed by atoms with Crippen LogP contribution in [0.1, 0.15) is 49.8 Å². The number of hydrogen-bond acceptors (Lipinski definition) is 3. The molecule has 0 spiro atoms. The van der Waals surface area contributed by atoms with Gasteiger partial charge in [-0.15, -0.1) is 12.4 Å². The number of aryl methyl sites for hydroxylation is 1. The third-order valence-electron chi connectivity index (χ3n) is 4.73. The second-order valence-electron chi connectivity index (χ2n) is 6.35. The van der Waals surface area contributed by atoms with E-state index in [-0.39, 0.29) is 24.4 Å². The second kappa shape index (κ2) is 5.18. The van der Waals surface area contributed by atoms with E-state index >= 15 is 0 Å². The summed E-state index contributed by atoms with van der Waals surface area (Å²) in [6.45, 7) is 8.61. The zero-order valence-corrected chi connectivity index (χ0v) is 13.8. The summed E-state index contributed by atoms with van der Waals surface area (Å²) in [5.41, 5.74) is 9.55. The van der Waals surface area contributed by atoms with Gasteiger partial charge in [-0.25, -0.2) is 0 Å². The Labute approximate surface area is 131 Å². The molecule has 0 aromatic heterocycles. The zero-order chi connectivity index (χ0) is 14.7. The zero-order valence-electron chi connectivity index (χ0n) is 12.9. The van der Waals surface area contributed by atoms with Crippen LogP contribution in [0.4, 0.5) is 5.69 Å². The Balaban J connectivity index is 0.00000161. The lowest BCUT2D eigenvalue weighted by Crippen LogP contribution is -2.29. The van der Waals surface area contributed by atoms with Crippen LogP contribution in [0, 0.1) is 6.92 Å². The fourth-order valence-electron chi connectivity index (χ4n) is 3.50. The molecule has 21 heavy (non-hydrogen) atoms. The molecule has 2 heterocycles. The highest BCUT2D eigenvalue weighted by molar-refractivity contribution is 6.07. The predicted molar refractivity (Wildman–Crippen MR) is 86.6 cm³/mol. The van der Waals surface area contributed by atoms with Crippen molar-refractivity contribution in [2.75, 3.05) is 11.9 Å². The van der Waals surface area contributed by atoms with Crippen molar-refractivity contribution >= 4 is 24.0 Å². The Hall–Kier alpha value is -1.26. The van der Waals surface area contributed by atoms with E-state index in [0.717, 1.165) is 29.0 Å². The fraction of sp³-hybridized carbons (Fsp3) is 0.562. The van der Waals surface area contributed by atoms with Gasteiger partial charge in [-0.05, 0) is 38.8 Å². The van der Waals surface area contributed by atoms with Crippen LogP contribution in [0.15, 0.2) is 6.07 Å². The summed E-state index contributed by atoms with van der Waals surface area (Å²) in [7, 11) is 0. The lowest BCUT2D eigenvalue weighted by atomic mass is 9.81. The van der Waals surface area contributed by atoms with E-state index < -0.39 is 5.41 Å². The number of carbonyl (C=O) groups excluding carboxylic acids is 1. The minimum Gasteiger partial charge on any atom is -0.488 e. The molecule has 0 aliphatic carbocycles. The van der Waals surface area contributed by atoms with Crippen LogP contribution in [0.25, 0.3) is 0 Å². The highest BCUT2D eigenvalue weighted by atomic mass is 35.5. The van der Waals surface area contributed by atoms with Crippen LogP contribution in [0.3, 0.4) is 0 Å². The maximum Gasteiger partial charge on any atom is 0.234 e. The first kappa shape index (κ1) is 16.1. The maximum absolute atomic E-state index is 12.2. The Kier molecular flexibility index (Phi) is 3.98. The molecule has 2 aliphatic heterocycles. The number of halogens is 1. The largest absolute Gasteiger partial charge is 0.488 e. The molecule has 116 valence electrons. The number of benzene rings is 1. The summed E-state index contributed by atoms with van der Waals surface area (Å²) >= 11 is 0. The molecule has 2 atom stereocenters. The van der Waals surface area contributed by atoms with E-state index in [4.69, 9.17) is 10.5 Å². The van der Waals surface area contributed by atoms with Crippen molar-refractivity contribution in [3.63, 3.8) is 0 Å². The summed E-state index contributed by atoms with van der Waals surface area (Å²) in [6, 6.07) is 2.15. The van der Waals surface area contributed by atoms with E-state index in [0.29, 0.717) is 12.5 Å². The first-order chi connectivity index (χ1) is 9.41. The minimum absolute atomic E-state index is 0. The van der Waals surface area contributed by atoms with Crippen LogP contribution < -0.4 is 15.8 Å². The van der Waals surface area contributed by atoms with E-state index in [9.17, 15) is 4.79 Å². The number of amides is 1. The van der Waals surface area contributed by atoms with Crippen molar-refractivity contribution < 1.29 is 9.53 Å². The van der Waals surface area contributed by atoms with Crippen molar-refractivity contribution in [2.24, 2.45) is 5.73 Å². The first-order valence-corrected chi connectivity index (χ1v) is 7.28. The number of nitrogens with one attached hydrogen (secondary N) is 1. The molecule has 5 heteroatoms. The van der Waals surface area contributed by atoms with Gasteiger partial charge >= 0.3 is 0 Å². The van der Waals surface area contributed by atoms with Crippen LogP contribution in [0.5, 0.6) is 5.75 Å². The molecule has 1 aromatic carbocycles. The first-order valence-electron chi connectivity index (χ1n) is 7.28. The molecule has 4 nitrogen and oxygen atoms in total. The molecule has 1 aromatic rings. The highest BCUT2D eigenvalue weighted by Crippen LogP contribution is 2.52. The summed E-state index contributed by atoms with van der Waals surface area (Å²) < 4.78 is 6.12. The number of ether oxygens (including phenoxy) is 1. The molecule has 0 bridgehead atoms. The molecule has 3 rings (SSSR count). The number of nitrogens with two attached hydrogens (primary N) is 1. The van der Waals surface area contributed by atoms with Gasteiger partial charge in [0, 0.05) is 23.6 Å². The van der Waals surface area contributed by atoms with Crippen LogP contribution in [-0.2, 0) is 10.2 Å². The number of rotatable bonds is 2. The Bertz CT molecular complexity index is 598. The molecule has 0 fully saturated rings. The normalized spacial score (nSPS) is 24.7. The fourth-order valence-corrected chi connectivity index (χ4v) is 3.50. The average Bonchev–Trinajstić information content (AvgIpc) is 2.86. The third kappa shape index (κ3) is 2.04. The SMILES string of the molecule is CC[C@H]1c2cc(C)c3c(c2O[C@H]1CN)C(C)(C)C(=O)N3.Cl. The monoisotopic (exact) mass is 310 g/mol. The molecule has 0 saturated heterocycles. The average molecular weight is 311 g/mol. The van der Waals surface area contributed by atoms with Gasteiger partial charge in [-0.1, -0.05) is 6.92 Å². The Morgan fingerprint density at radius 2 is 2.10 bits per heavy atom. The van der Waals surface area contributed by atoms with Crippen molar-refractivity contribution in [3.8, 4) is 5.75 Å². The summed E-state index contributed by atoms with van der Waals surface area (Å²) in [5.74, 6) is 1.25. The van der Waals surface area contributed by atoms with Gasteiger partial charge < -0.3 is 15.8 Å². The summed E-state index contributed by atoms with van der Waals surface area (Å²) in [4.78, 5) is 12.2. The number of anilines is 1. The minimum atomic E-state index is -0.548. The topological polar surface area (TPSA) is 64.3 Å². The summed E-state index contributed by atoms with van der Waals surface area (Å²) in [6.07, 6.45) is 1.02. The number of hydrogen-bond donors (Lipinski definition) is 2. The van der Waals surface area contributed by atoms with Crippen molar-refractivity contribution in [2.45, 2.75) is 51.6 Å². The van der Waals surface area contributed by atoms with Gasteiger partial charge in [0.25, 0.3) is 0 Å². The van der Waals surface area contributed by atoms with Gasteiger partial charge in [0.2, 0.25) is 5.91 Å². The van der Waals surface area contributed by atoms with Gasteiger partial charge in [0.05, 0.1) is 11.1 Å². The lowest BCUT2D eigenvalue weighted by Gasteiger charge is -2.19. The third-order valence-corrected chi connectivity index (χ3v) is 4.73. The smallest absolute Gasteiger partial charge is 0.234 e. The highest BCUT2D eigenvalue weighted by Gasteiger charge is 2.46. The van der Waals surface area contributed by atoms with Gasteiger partial charge in [0.15, 0.2) is 0 Å². The van der Waals surface area contributed by atoms with Crippen LogP contribution in [0.2, 0.25) is 0 Å². The van der Waals surface area contributed by atoms with Crippen LogP contribution in [-0.4, -0.2) is 18.6 Å². The van der Waals surface area contributed by atoms with E-state index in [1.165, 1.54) is 5.56 Å². The lowest BCUT2D eigenvalue weighted by molar-refractivity contribution is -0.119. The quantitative estimate of drug-likeness (QED) is 0.883. The van der Waals surface area contributed by atoms with Gasteiger partial charge in [-0.2, -0.15) is 0 Å². The second-order valence-corrected chi connectivity index (χ2v) is 6.35. The number of fused-ring (bicyclic) bond motifs is 3. The van der Waals surface area contributed by atoms with Crippen molar-refractivity contribution in [1.82, 2.24) is 0 Å². The predicted octanol–water partition coefficient (Wildman–Crippen LogP) is 2.86. The maximum atomic E-state index is 12.2. The molecule has 0 saturated carbocycles. The van der Waals surface area contributed by atoms with E-state index in [1.54, 1.807) is 0 Å². The molecular formula is C16H23ClN2O2.